The molecule has 0 saturated heterocycles. The van der Waals surface area contributed by atoms with E-state index in [1.54, 1.807) is 0 Å². The third kappa shape index (κ3) is 3.19. The molecule has 0 N–H and O–H groups in total. The van der Waals surface area contributed by atoms with Crippen LogP contribution >= 0.6 is 0 Å². The van der Waals surface area contributed by atoms with Crippen molar-refractivity contribution in [2.24, 2.45) is 0 Å². The summed E-state index contributed by atoms with van der Waals surface area (Å²) in [5.74, 6) is 8.01. The number of fused-ring (bicyclic) bond motifs is 6. The molecule has 0 atom stereocenters. The number of hydrogen-bond donors (Lipinski definition) is 0. The molecule has 0 unspecified atom stereocenters. The number of benzene rings is 4. The fourth-order valence-electron chi connectivity index (χ4n) is 4.99. The van der Waals surface area contributed by atoms with Gasteiger partial charge in [0.15, 0.2) is 0 Å². The van der Waals surface area contributed by atoms with Crippen LogP contribution in [0.15, 0.2) is 95.4 Å². The van der Waals surface area contributed by atoms with Gasteiger partial charge in [-0.05, 0) is 0 Å². The Hall–Kier alpha value is -3.97. The van der Waals surface area contributed by atoms with Gasteiger partial charge >= 0.3 is 205 Å². The Morgan fingerprint density at radius 1 is 0.722 bits per heavy atom. The Bertz CT molecular complexity index is 1930. The van der Waals surface area contributed by atoms with Crippen LogP contribution in [-0.4, -0.2) is 33.0 Å². The zero-order valence-electron chi connectivity index (χ0n) is 20.4. The monoisotopic (exact) mass is 530 g/mol. The Labute approximate surface area is 210 Å². The van der Waals surface area contributed by atoms with Crippen molar-refractivity contribution in [1.82, 2.24) is 19.7 Å². The molecule has 3 aromatic heterocycles. The zero-order valence-corrected chi connectivity index (χ0v) is 22.5. The van der Waals surface area contributed by atoms with Crippen LogP contribution in [0.3, 0.4) is 0 Å². The van der Waals surface area contributed by atoms with Gasteiger partial charge in [0.25, 0.3) is 0 Å². The average molecular weight is 529 g/mol. The standard InChI is InChI=1S/C30H24GeN4O/c1-31(2,3)19-16-17-21-22-13-9-14-24(28(22)36-26(21)18-19)29-32-27-23-12-7-8-15-25(23)33-34-30(27)35(29)20-10-5-4-6-11-20/h4-18H,1-3H3. The van der Waals surface area contributed by atoms with Gasteiger partial charge in [0.05, 0.1) is 0 Å². The molecule has 6 heteroatoms. The topological polar surface area (TPSA) is 56.7 Å². The molecule has 0 fully saturated rings. The Morgan fingerprint density at radius 3 is 2.33 bits per heavy atom. The number of aromatic nitrogens is 4. The molecule has 0 amide bonds. The number of para-hydroxylation sites is 2. The summed E-state index contributed by atoms with van der Waals surface area (Å²) in [6.07, 6.45) is 0. The van der Waals surface area contributed by atoms with Crippen LogP contribution in [0.4, 0.5) is 0 Å². The van der Waals surface area contributed by atoms with Crippen molar-refractivity contribution < 1.29 is 4.42 Å². The third-order valence-corrected chi connectivity index (χ3v) is 11.2. The van der Waals surface area contributed by atoms with Crippen LogP contribution in [0, 0.1) is 0 Å². The van der Waals surface area contributed by atoms with Crippen LogP contribution in [-0.2, 0) is 0 Å². The predicted molar refractivity (Wildman–Crippen MR) is 150 cm³/mol. The summed E-state index contributed by atoms with van der Waals surface area (Å²) in [6, 6.07) is 31.3. The van der Waals surface area contributed by atoms with Crippen molar-refractivity contribution in [2.45, 2.75) is 17.3 Å². The van der Waals surface area contributed by atoms with E-state index in [9.17, 15) is 0 Å². The summed E-state index contributed by atoms with van der Waals surface area (Å²) in [4.78, 5) is 5.17. The van der Waals surface area contributed by atoms with E-state index in [-0.39, 0.29) is 0 Å². The molecule has 0 spiro atoms. The molecule has 36 heavy (non-hydrogen) atoms. The van der Waals surface area contributed by atoms with Crippen molar-refractivity contribution in [3.05, 3.63) is 91.0 Å². The van der Waals surface area contributed by atoms with Gasteiger partial charge in [0.2, 0.25) is 0 Å². The van der Waals surface area contributed by atoms with E-state index in [1.807, 2.05) is 36.4 Å². The second-order valence-corrected chi connectivity index (χ2v) is 20.9. The molecule has 0 bridgehead atoms. The number of imidazole rings is 1. The molecular weight excluding hydrogens is 505 g/mol. The van der Waals surface area contributed by atoms with Gasteiger partial charge in [-0.25, -0.2) is 0 Å². The molecule has 3 heterocycles. The molecule has 0 aliphatic rings. The quantitative estimate of drug-likeness (QED) is 0.230. The van der Waals surface area contributed by atoms with Crippen molar-refractivity contribution in [1.29, 1.82) is 0 Å². The Balaban J connectivity index is 1.58. The van der Waals surface area contributed by atoms with Gasteiger partial charge in [-0.1, -0.05) is 6.07 Å². The van der Waals surface area contributed by atoms with E-state index in [1.165, 1.54) is 4.40 Å². The van der Waals surface area contributed by atoms with E-state index in [2.05, 4.69) is 86.6 Å². The van der Waals surface area contributed by atoms with E-state index in [0.29, 0.717) is 0 Å². The summed E-state index contributed by atoms with van der Waals surface area (Å²) >= 11 is -2.00. The molecule has 0 aliphatic carbocycles. The van der Waals surface area contributed by atoms with Crippen LogP contribution in [0.25, 0.3) is 61.1 Å². The van der Waals surface area contributed by atoms with Gasteiger partial charge < -0.3 is 0 Å². The molecule has 5 nitrogen and oxygen atoms in total. The number of hydrogen-bond acceptors (Lipinski definition) is 4. The number of furan rings is 1. The second-order valence-electron chi connectivity index (χ2n) is 10.2. The molecule has 0 aliphatic heterocycles. The second kappa shape index (κ2) is 7.77. The van der Waals surface area contributed by atoms with Crippen molar-refractivity contribution in [3.8, 4) is 17.1 Å². The Kier molecular flexibility index (Phi) is 4.60. The minimum absolute atomic E-state index is 0.728. The van der Waals surface area contributed by atoms with Crippen molar-refractivity contribution >= 4 is 61.7 Å². The van der Waals surface area contributed by atoms with Gasteiger partial charge in [0, 0.05) is 0 Å². The first-order valence-electron chi connectivity index (χ1n) is 12.1. The van der Waals surface area contributed by atoms with E-state index in [0.717, 1.165) is 61.1 Å². The molecule has 0 saturated carbocycles. The minimum atomic E-state index is -2.00. The van der Waals surface area contributed by atoms with Gasteiger partial charge in [-0.2, -0.15) is 0 Å². The van der Waals surface area contributed by atoms with Gasteiger partial charge in [-0.3, -0.25) is 0 Å². The summed E-state index contributed by atoms with van der Waals surface area (Å²) in [5, 5.41) is 12.3. The van der Waals surface area contributed by atoms with Crippen molar-refractivity contribution in [2.75, 3.05) is 0 Å². The first-order valence-corrected chi connectivity index (χ1v) is 19.5. The summed E-state index contributed by atoms with van der Waals surface area (Å²) in [6.45, 7) is 0. The van der Waals surface area contributed by atoms with Gasteiger partial charge in [0.1, 0.15) is 0 Å². The summed E-state index contributed by atoms with van der Waals surface area (Å²) < 4.78 is 10.1. The maximum atomic E-state index is 6.59. The van der Waals surface area contributed by atoms with Crippen LogP contribution < -0.4 is 4.40 Å². The third-order valence-electron chi connectivity index (χ3n) is 6.88. The first kappa shape index (κ1) is 21.3. The molecule has 0 radical (unpaired) electrons. The average Bonchev–Trinajstić information content (AvgIpc) is 3.47. The van der Waals surface area contributed by atoms with Crippen LogP contribution in [0.2, 0.25) is 17.3 Å². The number of rotatable bonds is 3. The van der Waals surface area contributed by atoms with Crippen LogP contribution in [0.5, 0.6) is 0 Å². The van der Waals surface area contributed by atoms with E-state index >= 15 is 0 Å². The molecular formula is C30H24GeN4O. The fourth-order valence-corrected chi connectivity index (χ4v) is 7.40. The van der Waals surface area contributed by atoms with Crippen molar-refractivity contribution in [3.63, 3.8) is 0 Å². The molecule has 7 aromatic rings. The fraction of sp³-hybridized carbons (Fsp3) is 0.100. The van der Waals surface area contributed by atoms with E-state index in [4.69, 9.17) is 9.40 Å². The maximum absolute atomic E-state index is 6.59. The molecule has 7 rings (SSSR count). The molecule has 174 valence electrons. The van der Waals surface area contributed by atoms with E-state index < -0.39 is 13.3 Å². The zero-order chi connectivity index (χ0) is 24.4. The normalized spacial score (nSPS) is 12.3. The van der Waals surface area contributed by atoms with Gasteiger partial charge in [-0.15, -0.1) is 0 Å². The number of nitrogens with zero attached hydrogens (tertiary/aromatic N) is 4. The summed E-state index contributed by atoms with van der Waals surface area (Å²) in [5.41, 5.74) is 6.08. The summed E-state index contributed by atoms with van der Waals surface area (Å²) in [7, 11) is 0. The predicted octanol–water partition coefficient (Wildman–Crippen LogP) is 7.08. The molecule has 4 aromatic carbocycles. The van der Waals surface area contributed by atoms with Crippen LogP contribution in [0.1, 0.15) is 0 Å². The SMILES string of the molecule is [CH3][Ge]([CH3])([CH3])[c]1ccc2c(c1)oc1c(-c3nc4c5ccccc5nnc4n3-c3ccccc3)cccc12. The Morgan fingerprint density at radius 2 is 1.50 bits per heavy atom. The first-order chi connectivity index (χ1) is 17.5.